The number of carboxylic acids is 2. The summed E-state index contributed by atoms with van der Waals surface area (Å²) in [5.74, 6) is -1.56. The predicted octanol–water partition coefficient (Wildman–Crippen LogP) is 4.38. The zero-order valence-electron chi connectivity index (χ0n) is 16.7. The second kappa shape index (κ2) is 9.00. The van der Waals surface area contributed by atoms with Crippen LogP contribution < -0.4 is 14.4 Å². The zero-order chi connectivity index (χ0) is 22.5. The number of benzene rings is 3. The smallest absolute Gasteiger partial charge is 0.335 e. The van der Waals surface area contributed by atoms with E-state index in [1.807, 2.05) is 0 Å². The van der Waals surface area contributed by atoms with Gasteiger partial charge in [0.2, 0.25) is 0 Å². The number of ether oxygens (including phenoxy) is 2. The first-order valence-electron chi connectivity index (χ1n) is 9.07. The lowest BCUT2D eigenvalue weighted by atomic mass is 10.1. The van der Waals surface area contributed by atoms with Crippen molar-refractivity contribution in [1.82, 2.24) is 0 Å². The lowest BCUT2D eigenvalue weighted by molar-refractivity contribution is 0.0686. The highest BCUT2D eigenvalue weighted by Crippen LogP contribution is 2.44. The molecule has 0 radical (unpaired) electrons. The van der Waals surface area contributed by atoms with Gasteiger partial charge in [0.15, 0.2) is 0 Å². The molecular formula is C23H19NO7. The molecular weight excluding hydrogens is 402 g/mol. The fourth-order valence-electron chi connectivity index (χ4n) is 3.11. The Morgan fingerprint density at radius 1 is 0.774 bits per heavy atom. The average molecular weight is 421 g/mol. The van der Waals surface area contributed by atoms with Crippen LogP contribution in [0.5, 0.6) is 11.5 Å². The van der Waals surface area contributed by atoms with E-state index in [0.717, 1.165) is 0 Å². The number of hydrogen-bond acceptors (Lipinski definition) is 6. The molecule has 2 N–H and O–H groups in total. The summed E-state index contributed by atoms with van der Waals surface area (Å²) in [5, 5.41) is 19.0. The largest absolute Gasteiger partial charge is 0.495 e. The van der Waals surface area contributed by atoms with Crippen molar-refractivity contribution in [1.29, 1.82) is 0 Å². The molecule has 0 heterocycles. The molecule has 8 nitrogen and oxygen atoms in total. The molecule has 0 spiro atoms. The molecule has 0 aliphatic rings. The van der Waals surface area contributed by atoms with Crippen molar-refractivity contribution in [3.63, 3.8) is 0 Å². The molecule has 8 heteroatoms. The van der Waals surface area contributed by atoms with Gasteiger partial charge in [-0.15, -0.1) is 0 Å². The average Bonchev–Trinajstić information content (AvgIpc) is 2.79. The van der Waals surface area contributed by atoms with Crippen LogP contribution in [0.1, 0.15) is 31.1 Å². The Hall–Kier alpha value is -4.33. The third kappa shape index (κ3) is 4.32. The Balaban J connectivity index is 2.35. The second-order valence-corrected chi connectivity index (χ2v) is 6.43. The molecule has 158 valence electrons. The number of carbonyl (C=O) groups is 3. The summed E-state index contributed by atoms with van der Waals surface area (Å²) < 4.78 is 10.9. The van der Waals surface area contributed by atoms with Crippen molar-refractivity contribution in [3.05, 3.63) is 77.4 Å². The van der Waals surface area contributed by atoms with Gasteiger partial charge in [-0.2, -0.15) is 0 Å². The van der Waals surface area contributed by atoms with Gasteiger partial charge in [-0.05, 0) is 60.7 Å². The maximum atomic E-state index is 11.6. The Morgan fingerprint density at radius 2 is 1.23 bits per heavy atom. The van der Waals surface area contributed by atoms with Crippen LogP contribution in [-0.4, -0.2) is 42.7 Å². The number of nitrogens with zero attached hydrogens (tertiary/aromatic N) is 1. The molecule has 3 rings (SSSR count). The molecule has 0 aliphatic carbocycles. The summed E-state index contributed by atoms with van der Waals surface area (Å²) in [4.78, 5) is 35.9. The van der Waals surface area contributed by atoms with E-state index < -0.39 is 11.9 Å². The van der Waals surface area contributed by atoms with E-state index in [4.69, 9.17) is 9.47 Å². The number of aldehydes is 1. The van der Waals surface area contributed by atoms with E-state index >= 15 is 0 Å². The van der Waals surface area contributed by atoms with Crippen LogP contribution in [0.4, 0.5) is 17.1 Å². The van der Waals surface area contributed by atoms with E-state index in [9.17, 15) is 24.6 Å². The third-order valence-electron chi connectivity index (χ3n) is 4.62. The van der Waals surface area contributed by atoms with Crippen LogP contribution in [0.2, 0.25) is 0 Å². The summed E-state index contributed by atoms with van der Waals surface area (Å²) >= 11 is 0. The second-order valence-electron chi connectivity index (χ2n) is 6.43. The van der Waals surface area contributed by atoms with E-state index in [2.05, 4.69) is 0 Å². The summed E-state index contributed by atoms with van der Waals surface area (Å²) in [6.07, 6.45) is 0.700. The molecule has 0 fully saturated rings. The summed E-state index contributed by atoms with van der Waals surface area (Å²) in [6.45, 7) is 0. The highest BCUT2D eigenvalue weighted by atomic mass is 16.5. The Bertz CT molecular complexity index is 1070. The van der Waals surface area contributed by atoms with Crippen molar-refractivity contribution in [3.8, 4) is 11.5 Å². The minimum Gasteiger partial charge on any atom is -0.495 e. The molecule has 3 aromatic carbocycles. The fraction of sp³-hybridized carbons (Fsp3) is 0.0870. The van der Waals surface area contributed by atoms with Gasteiger partial charge in [-0.1, -0.05) is 0 Å². The number of hydrogen-bond donors (Lipinski definition) is 2. The van der Waals surface area contributed by atoms with Crippen LogP contribution in [0.3, 0.4) is 0 Å². The Morgan fingerprint density at radius 3 is 1.58 bits per heavy atom. The minimum atomic E-state index is -1.13. The molecule has 0 bridgehead atoms. The van der Waals surface area contributed by atoms with E-state index in [0.29, 0.717) is 40.4 Å². The molecule has 0 aromatic heterocycles. The van der Waals surface area contributed by atoms with Crippen LogP contribution in [0.25, 0.3) is 0 Å². The monoisotopic (exact) mass is 421 g/mol. The zero-order valence-corrected chi connectivity index (χ0v) is 16.7. The minimum absolute atomic E-state index is 0.0127. The summed E-state index contributed by atoms with van der Waals surface area (Å²) in [6, 6.07) is 15.2. The molecule has 0 saturated carbocycles. The normalized spacial score (nSPS) is 10.3. The van der Waals surface area contributed by atoms with Crippen molar-refractivity contribution < 1.29 is 34.1 Å². The van der Waals surface area contributed by atoms with Gasteiger partial charge in [0.1, 0.15) is 17.8 Å². The fourth-order valence-corrected chi connectivity index (χ4v) is 3.11. The van der Waals surface area contributed by atoms with E-state index in [-0.39, 0.29) is 11.1 Å². The van der Waals surface area contributed by atoms with Crippen LogP contribution in [-0.2, 0) is 0 Å². The number of anilines is 3. The Labute approximate surface area is 177 Å². The van der Waals surface area contributed by atoms with Crippen molar-refractivity contribution in [2.75, 3.05) is 19.1 Å². The molecule has 0 atom stereocenters. The van der Waals surface area contributed by atoms with Crippen molar-refractivity contribution in [2.24, 2.45) is 0 Å². The number of aromatic carboxylic acids is 2. The van der Waals surface area contributed by atoms with Crippen molar-refractivity contribution >= 4 is 35.3 Å². The molecule has 0 unspecified atom stereocenters. The van der Waals surface area contributed by atoms with Gasteiger partial charge in [0, 0.05) is 11.3 Å². The van der Waals surface area contributed by atoms with Gasteiger partial charge >= 0.3 is 11.9 Å². The molecule has 0 amide bonds. The number of methoxy groups -OCH3 is 2. The van der Waals surface area contributed by atoms with Gasteiger partial charge in [0.05, 0.1) is 36.7 Å². The highest BCUT2D eigenvalue weighted by molar-refractivity contribution is 5.94. The number of rotatable bonds is 8. The first-order chi connectivity index (χ1) is 14.9. The quantitative estimate of drug-likeness (QED) is 0.515. The van der Waals surface area contributed by atoms with Crippen LogP contribution in [0, 0.1) is 0 Å². The van der Waals surface area contributed by atoms with Crippen LogP contribution >= 0.6 is 0 Å². The summed E-state index contributed by atoms with van der Waals surface area (Å²) in [5.41, 5.74) is 1.70. The van der Waals surface area contributed by atoms with Gasteiger partial charge in [-0.25, -0.2) is 9.59 Å². The molecule has 3 aromatic rings. The van der Waals surface area contributed by atoms with E-state index in [1.54, 1.807) is 29.2 Å². The topological polar surface area (TPSA) is 113 Å². The standard InChI is InChI=1S/C23H19NO7/c1-30-20-9-5-15(22(26)27)11-18(20)24(17-7-3-14(13-25)4-8-17)19-12-16(23(28)29)6-10-21(19)31-2/h3-13H,1-2H3,(H,26,27)(H,28,29). The van der Waals surface area contributed by atoms with Crippen molar-refractivity contribution in [2.45, 2.75) is 0 Å². The highest BCUT2D eigenvalue weighted by Gasteiger charge is 2.23. The van der Waals surface area contributed by atoms with Crippen LogP contribution in [0.15, 0.2) is 60.7 Å². The van der Waals surface area contributed by atoms with Gasteiger partial charge in [-0.3, -0.25) is 4.79 Å². The predicted molar refractivity (Wildman–Crippen MR) is 114 cm³/mol. The SMILES string of the molecule is COc1ccc(C(=O)O)cc1N(c1ccc(C=O)cc1)c1cc(C(=O)O)ccc1OC. The van der Waals surface area contributed by atoms with Gasteiger partial charge < -0.3 is 24.6 Å². The first-order valence-corrected chi connectivity index (χ1v) is 9.07. The third-order valence-corrected chi connectivity index (χ3v) is 4.62. The maximum Gasteiger partial charge on any atom is 0.335 e. The van der Waals surface area contributed by atoms with Gasteiger partial charge in [0.25, 0.3) is 0 Å². The molecule has 0 saturated heterocycles. The first kappa shape index (κ1) is 21.4. The van der Waals surface area contributed by atoms with E-state index in [1.165, 1.54) is 50.6 Å². The lowest BCUT2D eigenvalue weighted by Gasteiger charge is -2.29. The number of carbonyl (C=O) groups excluding carboxylic acids is 1. The lowest BCUT2D eigenvalue weighted by Crippen LogP contribution is -2.14. The summed E-state index contributed by atoms with van der Waals surface area (Å²) in [7, 11) is 2.88. The number of carboxylic acid groups (broad SMARTS) is 2. The molecule has 0 aliphatic heterocycles. The Kier molecular flexibility index (Phi) is 6.21. The molecule has 31 heavy (non-hydrogen) atoms. The maximum absolute atomic E-state index is 11.6.